The maximum atomic E-state index is 5.29. The highest BCUT2D eigenvalue weighted by molar-refractivity contribution is 7.98. The zero-order valence-corrected chi connectivity index (χ0v) is 14.0. The van der Waals surface area contributed by atoms with Gasteiger partial charge in [0.05, 0.1) is 14.2 Å². The summed E-state index contributed by atoms with van der Waals surface area (Å²) in [6, 6.07) is 5.69. The van der Waals surface area contributed by atoms with Crippen molar-refractivity contribution in [2.75, 3.05) is 45.1 Å². The molecule has 21 heavy (non-hydrogen) atoms. The van der Waals surface area contributed by atoms with Crippen molar-refractivity contribution in [1.29, 1.82) is 0 Å². The van der Waals surface area contributed by atoms with E-state index in [1.54, 1.807) is 21.3 Å². The van der Waals surface area contributed by atoms with Crippen LogP contribution in [0, 0.1) is 0 Å². The van der Waals surface area contributed by atoms with E-state index in [1.807, 2.05) is 30.0 Å². The lowest BCUT2D eigenvalue weighted by Crippen LogP contribution is -2.31. The van der Waals surface area contributed by atoms with E-state index in [0.717, 1.165) is 24.6 Å². The number of guanidine groups is 1. The molecule has 1 rings (SSSR count). The molecule has 0 spiro atoms. The van der Waals surface area contributed by atoms with Gasteiger partial charge in [0.1, 0.15) is 0 Å². The summed E-state index contributed by atoms with van der Waals surface area (Å²) in [5.41, 5.74) is 0.907. The van der Waals surface area contributed by atoms with Crippen molar-refractivity contribution < 1.29 is 9.47 Å². The Morgan fingerprint density at radius 3 is 2.57 bits per heavy atom. The lowest BCUT2D eigenvalue weighted by molar-refractivity contribution is 0.355. The predicted molar refractivity (Wildman–Crippen MR) is 92.1 cm³/mol. The minimum absolute atomic E-state index is 0.693. The first-order valence-electron chi connectivity index (χ1n) is 6.93. The van der Waals surface area contributed by atoms with Crippen molar-refractivity contribution >= 4 is 23.4 Å². The lowest BCUT2D eigenvalue weighted by Gasteiger charge is -2.14. The molecule has 0 aliphatic rings. The molecule has 0 heterocycles. The Balaban J connectivity index is 2.53. The van der Waals surface area contributed by atoms with Gasteiger partial charge in [-0.15, -0.1) is 0 Å². The number of thioether (sulfide) groups is 1. The molecule has 0 unspecified atom stereocenters. The van der Waals surface area contributed by atoms with Crippen LogP contribution in [0.1, 0.15) is 12.8 Å². The van der Waals surface area contributed by atoms with Crippen LogP contribution in [0.15, 0.2) is 23.2 Å². The van der Waals surface area contributed by atoms with Gasteiger partial charge >= 0.3 is 0 Å². The van der Waals surface area contributed by atoms with E-state index in [0.29, 0.717) is 11.5 Å². The monoisotopic (exact) mass is 311 g/mol. The average molecular weight is 311 g/mol. The highest BCUT2D eigenvalue weighted by Gasteiger charge is 2.05. The van der Waals surface area contributed by atoms with E-state index in [9.17, 15) is 0 Å². The van der Waals surface area contributed by atoms with Gasteiger partial charge in [-0.05, 0) is 37.0 Å². The zero-order chi connectivity index (χ0) is 15.5. The van der Waals surface area contributed by atoms with E-state index < -0.39 is 0 Å². The number of methoxy groups -OCH3 is 2. The summed E-state index contributed by atoms with van der Waals surface area (Å²) in [6.45, 7) is 0.910. The number of rotatable bonds is 8. The van der Waals surface area contributed by atoms with Crippen molar-refractivity contribution in [2.24, 2.45) is 4.99 Å². The van der Waals surface area contributed by atoms with Crippen LogP contribution in [0.5, 0.6) is 11.5 Å². The van der Waals surface area contributed by atoms with Crippen LogP contribution in [0.2, 0.25) is 0 Å². The van der Waals surface area contributed by atoms with Gasteiger partial charge in [0.2, 0.25) is 0 Å². The van der Waals surface area contributed by atoms with Gasteiger partial charge in [-0.1, -0.05) is 0 Å². The fourth-order valence-electron chi connectivity index (χ4n) is 1.81. The van der Waals surface area contributed by atoms with Crippen LogP contribution in [-0.4, -0.2) is 45.8 Å². The molecular formula is C15H25N3O2S. The minimum Gasteiger partial charge on any atom is -0.493 e. The summed E-state index contributed by atoms with van der Waals surface area (Å²) in [6.07, 6.45) is 4.47. The van der Waals surface area contributed by atoms with E-state index in [4.69, 9.17) is 9.47 Å². The minimum atomic E-state index is 0.693. The molecule has 0 radical (unpaired) electrons. The fraction of sp³-hybridized carbons (Fsp3) is 0.533. The Morgan fingerprint density at radius 1 is 1.19 bits per heavy atom. The maximum absolute atomic E-state index is 5.29. The zero-order valence-electron chi connectivity index (χ0n) is 13.2. The number of ether oxygens (including phenoxy) is 2. The van der Waals surface area contributed by atoms with E-state index in [1.165, 1.54) is 12.2 Å². The molecule has 1 aromatic rings. The summed E-state index contributed by atoms with van der Waals surface area (Å²) >= 11 is 1.88. The molecule has 0 amide bonds. The van der Waals surface area contributed by atoms with Crippen LogP contribution in [0.3, 0.4) is 0 Å². The first-order valence-corrected chi connectivity index (χ1v) is 8.33. The first-order chi connectivity index (χ1) is 10.2. The van der Waals surface area contributed by atoms with Crippen LogP contribution in [-0.2, 0) is 0 Å². The van der Waals surface area contributed by atoms with Crippen molar-refractivity contribution in [3.05, 3.63) is 18.2 Å². The molecule has 0 fully saturated rings. The molecule has 6 heteroatoms. The number of unbranched alkanes of at least 4 members (excludes halogenated alkanes) is 1. The van der Waals surface area contributed by atoms with Crippen LogP contribution >= 0.6 is 11.8 Å². The van der Waals surface area contributed by atoms with E-state index in [2.05, 4.69) is 21.9 Å². The third-order valence-electron chi connectivity index (χ3n) is 2.94. The van der Waals surface area contributed by atoms with Crippen LogP contribution in [0.4, 0.5) is 5.69 Å². The Morgan fingerprint density at radius 2 is 1.95 bits per heavy atom. The third-order valence-corrected chi connectivity index (χ3v) is 3.63. The Labute approximate surface area is 131 Å². The highest BCUT2D eigenvalue weighted by Crippen LogP contribution is 2.29. The smallest absolute Gasteiger partial charge is 0.195 e. The molecular weight excluding hydrogens is 286 g/mol. The summed E-state index contributed by atoms with van der Waals surface area (Å²) in [7, 11) is 5.01. The summed E-state index contributed by atoms with van der Waals surface area (Å²) in [5.74, 6) is 3.36. The van der Waals surface area contributed by atoms with Crippen molar-refractivity contribution in [3.63, 3.8) is 0 Å². The Hall–Kier alpha value is -1.56. The molecule has 0 aromatic heterocycles. The Bertz CT molecular complexity index is 453. The molecule has 118 valence electrons. The molecule has 0 saturated heterocycles. The average Bonchev–Trinajstić information content (AvgIpc) is 2.53. The second-order valence-corrected chi connectivity index (χ2v) is 5.38. The molecule has 2 N–H and O–H groups in total. The second kappa shape index (κ2) is 10.2. The lowest BCUT2D eigenvalue weighted by atomic mass is 10.2. The number of nitrogens with zero attached hydrogens (tertiary/aromatic N) is 1. The molecule has 1 aromatic carbocycles. The molecule has 0 bridgehead atoms. The molecule has 0 aliphatic heterocycles. The van der Waals surface area contributed by atoms with Gasteiger partial charge in [0.25, 0.3) is 0 Å². The number of nitrogens with one attached hydrogen (secondary N) is 2. The summed E-state index contributed by atoms with van der Waals surface area (Å²) in [5, 5.41) is 6.54. The highest BCUT2D eigenvalue weighted by atomic mass is 32.2. The quantitative estimate of drug-likeness (QED) is 0.439. The summed E-state index contributed by atoms with van der Waals surface area (Å²) in [4.78, 5) is 4.22. The van der Waals surface area contributed by atoms with Crippen molar-refractivity contribution in [1.82, 2.24) is 5.32 Å². The molecule has 0 saturated carbocycles. The van der Waals surface area contributed by atoms with Crippen molar-refractivity contribution in [2.45, 2.75) is 12.8 Å². The van der Waals surface area contributed by atoms with Gasteiger partial charge < -0.3 is 20.1 Å². The number of hydrogen-bond acceptors (Lipinski definition) is 4. The molecule has 0 atom stereocenters. The van der Waals surface area contributed by atoms with Gasteiger partial charge in [-0.2, -0.15) is 11.8 Å². The normalized spacial score (nSPS) is 11.1. The summed E-state index contributed by atoms with van der Waals surface area (Å²) < 4.78 is 10.5. The number of hydrogen-bond donors (Lipinski definition) is 2. The standard InChI is InChI=1S/C15H25N3O2S/c1-16-15(17-9-5-6-10-21-4)18-12-7-8-13(19-2)14(11-12)20-3/h7-8,11H,5-6,9-10H2,1-4H3,(H2,16,17,18). The van der Waals surface area contributed by atoms with Crippen LogP contribution in [0.25, 0.3) is 0 Å². The Kier molecular flexibility index (Phi) is 8.50. The molecule has 0 aliphatic carbocycles. The number of aliphatic imine (C=N–C) groups is 1. The predicted octanol–water partition coefficient (Wildman–Crippen LogP) is 2.83. The third kappa shape index (κ3) is 6.16. The van der Waals surface area contributed by atoms with Crippen molar-refractivity contribution in [3.8, 4) is 11.5 Å². The second-order valence-electron chi connectivity index (χ2n) is 4.39. The van der Waals surface area contributed by atoms with Gasteiger partial charge in [0.15, 0.2) is 17.5 Å². The number of anilines is 1. The van der Waals surface area contributed by atoms with Gasteiger partial charge in [0, 0.05) is 25.3 Å². The topological polar surface area (TPSA) is 54.9 Å². The van der Waals surface area contributed by atoms with Gasteiger partial charge in [-0.3, -0.25) is 4.99 Å². The van der Waals surface area contributed by atoms with E-state index in [-0.39, 0.29) is 0 Å². The molecule has 5 nitrogen and oxygen atoms in total. The SMILES string of the molecule is CN=C(NCCCCSC)Nc1ccc(OC)c(OC)c1. The number of benzene rings is 1. The van der Waals surface area contributed by atoms with Crippen LogP contribution < -0.4 is 20.1 Å². The largest absolute Gasteiger partial charge is 0.493 e. The van der Waals surface area contributed by atoms with Gasteiger partial charge in [-0.25, -0.2) is 0 Å². The van der Waals surface area contributed by atoms with E-state index >= 15 is 0 Å². The fourth-order valence-corrected chi connectivity index (χ4v) is 2.30. The maximum Gasteiger partial charge on any atom is 0.195 e. The first kappa shape index (κ1) is 17.5.